The zero-order chi connectivity index (χ0) is 28.6. The molecule has 0 radical (unpaired) electrons. The number of alkyl halides is 1. The van der Waals surface area contributed by atoms with Crippen molar-refractivity contribution in [3.8, 4) is 0 Å². The molecule has 10 nitrogen and oxygen atoms in total. The van der Waals surface area contributed by atoms with Gasteiger partial charge in [-0.2, -0.15) is 0 Å². The molecule has 3 amide bonds. The summed E-state index contributed by atoms with van der Waals surface area (Å²) in [6.07, 6.45) is 4.72. The van der Waals surface area contributed by atoms with Crippen LogP contribution < -0.4 is 0 Å². The summed E-state index contributed by atoms with van der Waals surface area (Å²) in [6.45, 7) is 10.8. The first-order chi connectivity index (χ1) is 19.3. The molecule has 3 saturated heterocycles. The van der Waals surface area contributed by atoms with Gasteiger partial charge in [0.1, 0.15) is 18.2 Å². The molecule has 0 aliphatic carbocycles. The number of nitrogens with zero attached hydrogens (tertiary/aromatic N) is 6. The lowest BCUT2D eigenvalue weighted by atomic mass is 9.70. The van der Waals surface area contributed by atoms with Crippen molar-refractivity contribution in [2.45, 2.75) is 47.3 Å². The molecule has 5 rings (SSSR count). The first-order valence-corrected chi connectivity index (χ1v) is 15.4. The Labute approximate surface area is 246 Å². The second-order valence-corrected chi connectivity index (χ2v) is 13.3. The SMILES string of the molecule is C=CCN(Cn1nnc2ccccc21)C(=O)C1N(CCO)C(=O)[C@@H]2[C@@H](C(=O)N(CC=C)CCC)[C@@H]3SC12CC3Br. The monoisotopic (exact) mass is 630 g/mol. The number of carbonyl (C=O) groups excluding carboxylic acids is 3. The second-order valence-electron chi connectivity index (χ2n) is 10.6. The first kappa shape index (κ1) is 28.8. The Hall–Kier alpha value is -2.70. The topological polar surface area (TPSA) is 112 Å². The van der Waals surface area contributed by atoms with Gasteiger partial charge in [-0.25, -0.2) is 4.68 Å². The van der Waals surface area contributed by atoms with Gasteiger partial charge in [0.2, 0.25) is 17.7 Å². The Kier molecular flexibility index (Phi) is 8.40. The fourth-order valence-electron chi connectivity index (χ4n) is 6.70. The highest BCUT2D eigenvalue weighted by Gasteiger charge is 2.76. The van der Waals surface area contributed by atoms with Crippen LogP contribution >= 0.6 is 27.7 Å². The summed E-state index contributed by atoms with van der Waals surface area (Å²) in [4.78, 5) is 47.4. The van der Waals surface area contributed by atoms with Crippen LogP contribution in [0.3, 0.4) is 0 Å². The second kappa shape index (κ2) is 11.7. The molecule has 1 N–H and O–H groups in total. The van der Waals surface area contributed by atoms with E-state index in [2.05, 4.69) is 39.4 Å². The van der Waals surface area contributed by atoms with Crippen LogP contribution in [-0.4, -0.2) is 106 Å². The molecule has 3 fully saturated rings. The Morgan fingerprint density at radius 3 is 2.65 bits per heavy atom. The van der Waals surface area contributed by atoms with Crippen molar-refractivity contribution in [1.29, 1.82) is 0 Å². The summed E-state index contributed by atoms with van der Waals surface area (Å²) in [5, 5.41) is 18.3. The molecule has 1 aromatic heterocycles. The lowest BCUT2D eigenvalue weighted by molar-refractivity contribution is -0.145. The zero-order valence-corrected chi connectivity index (χ0v) is 25.0. The zero-order valence-electron chi connectivity index (χ0n) is 22.6. The molecule has 3 unspecified atom stereocenters. The Morgan fingerprint density at radius 2 is 1.95 bits per heavy atom. The molecule has 40 heavy (non-hydrogen) atoms. The number of β-amino-alcohol motifs (C(OH)–C–C–N with tert-alkyl or cyclic N) is 1. The van der Waals surface area contributed by atoms with Crippen LogP contribution in [0.5, 0.6) is 0 Å². The average Bonchev–Trinajstić information content (AvgIpc) is 3.66. The lowest BCUT2D eigenvalue weighted by Crippen LogP contribution is -2.56. The summed E-state index contributed by atoms with van der Waals surface area (Å²) in [6, 6.07) is 6.68. The predicted molar refractivity (Wildman–Crippen MR) is 158 cm³/mol. The average molecular weight is 632 g/mol. The third kappa shape index (κ3) is 4.57. The quantitative estimate of drug-likeness (QED) is 0.283. The van der Waals surface area contributed by atoms with Gasteiger partial charge in [-0.05, 0) is 25.0 Å². The molecule has 12 heteroatoms. The Morgan fingerprint density at radius 1 is 1.23 bits per heavy atom. The highest BCUT2D eigenvalue weighted by atomic mass is 79.9. The van der Waals surface area contributed by atoms with E-state index in [1.54, 1.807) is 38.4 Å². The van der Waals surface area contributed by atoms with Crippen LogP contribution in [-0.2, 0) is 21.1 Å². The maximum absolute atomic E-state index is 14.5. The molecule has 1 spiro atoms. The van der Waals surface area contributed by atoms with Gasteiger partial charge < -0.3 is 19.8 Å². The van der Waals surface area contributed by atoms with E-state index in [1.807, 2.05) is 31.2 Å². The fraction of sp³-hybridized carbons (Fsp3) is 0.536. The van der Waals surface area contributed by atoms with Gasteiger partial charge in [0.05, 0.1) is 28.7 Å². The minimum Gasteiger partial charge on any atom is -0.395 e. The lowest BCUT2D eigenvalue weighted by Gasteiger charge is -2.38. The van der Waals surface area contributed by atoms with Crippen molar-refractivity contribution < 1.29 is 19.5 Å². The maximum Gasteiger partial charge on any atom is 0.248 e. The third-order valence-electron chi connectivity index (χ3n) is 8.19. The van der Waals surface area contributed by atoms with E-state index < -0.39 is 22.6 Å². The summed E-state index contributed by atoms with van der Waals surface area (Å²) in [5.41, 5.74) is 1.51. The summed E-state index contributed by atoms with van der Waals surface area (Å²) >= 11 is 5.40. The van der Waals surface area contributed by atoms with Crippen molar-refractivity contribution in [3.63, 3.8) is 0 Å². The first-order valence-electron chi connectivity index (χ1n) is 13.6. The predicted octanol–water partition coefficient (Wildman–Crippen LogP) is 2.28. The molecular weight excluding hydrogens is 596 g/mol. The highest BCUT2D eigenvalue weighted by molar-refractivity contribution is 9.09. The molecule has 2 bridgehead atoms. The van der Waals surface area contributed by atoms with Gasteiger partial charge >= 0.3 is 0 Å². The molecule has 2 aromatic rings. The summed E-state index contributed by atoms with van der Waals surface area (Å²) in [7, 11) is 0. The molecule has 214 valence electrons. The van der Waals surface area contributed by atoms with Crippen LogP contribution in [0.1, 0.15) is 19.8 Å². The van der Waals surface area contributed by atoms with Gasteiger partial charge in [0.15, 0.2) is 0 Å². The van der Waals surface area contributed by atoms with Crippen molar-refractivity contribution in [3.05, 3.63) is 49.6 Å². The maximum atomic E-state index is 14.5. The van der Waals surface area contributed by atoms with Crippen molar-refractivity contribution in [1.82, 2.24) is 29.7 Å². The number of carbonyl (C=O) groups is 3. The fourth-order valence-corrected chi connectivity index (χ4v) is 10.3. The van der Waals surface area contributed by atoms with E-state index in [0.717, 1.165) is 17.5 Å². The van der Waals surface area contributed by atoms with Crippen LogP contribution in [0.2, 0.25) is 0 Å². The van der Waals surface area contributed by atoms with Crippen molar-refractivity contribution in [2.75, 3.05) is 32.8 Å². The van der Waals surface area contributed by atoms with Gasteiger partial charge in [0.25, 0.3) is 0 Å². The van der Waals surface area contributed by atoms with E-state index >= 15 is 0 Å². The number of likely N-dealkylation sites (tertiary alicyclic amines) is 1. The third-order valence-corrected chi connectivity index (χ3v) is 11.4. The number of hydrogen-bond donors (Lipinski definition) is 1. The van der Waals surface area contributed by atoms with E-state index in [0.29, 0.717) is 19.5 Å². The Balaban J connectivity index is 1.52. The standard InChI is InChI=1S/C28H35BrN6O4S/c1-4-11-32(12-5-2)25(37)21-22-26(38)34(14-15-36)24(28(22)16-18(29)23(21)40-28)27(39)33(13-6-3)17-35-20-10-8-7-9-19(20)30-31-35/h4,6-10,18,21-24,36H,1,3,5,11-17H2,2H3/t18?,21-,22+,23-,24?,28?/m1/s1. The smallest absolute Gasteiger partial charge is 0.248 e. The van der Waals surface area contributed by atoms with E-state index in [4.69, 9.17) is 0 Å². The van der Waals surface area contributed by atoms with Crippen LogP contribution in [0, 0.1) is 11.8 Å². The minimum absolute atomic E-state index is 0.0199. The number of aromatic nitrogens is 3. The number of fused-ring (bicyclic) bond motifs is 2. The number of benzene rings is 1. The molecule has 3 aliphatic rings. The number of para-hydroxylation sites is 1. The van der Waals surface area contributed by atoms with Gasteiger partial charge in [-0.3, -0.25) is 14.4 Å². The molecule has 6 atom stereocenters. The van der Waals surface area contributed by atoms with Crippen molar-refractivity contribution >= 4 is 56.4 Å². The molecule has 1 aromatic carbocycles. The molecular formula is C28H35BrN6O4S. The number of aliphatic hydroxyl groups excluding tert-OH is 1. The van der Waals surface area contributed by atoms with Crippen LogP contribution in [0.4, 0.5) is 0 Å². The highest BCUT2D eigenvalue weighted by Crippen LogP contribution is 2.68. The van der Waals surface area contributed by atoms with Gasteiger partial charge in [-0.15, -0.1) is 30.0 Å². The number of thioether (sulfide) groups is 1. The molecule has 0 saturated carbocycles. The summed E-state index contributed by atoms with van der Waals surface area (Å²) in [5.74, 6) is -1.77. The number of halogens is 1. The normalized spacial score (nSPS) is 28.6. The number of rotatable bonds is 12. The van der Waals surface area contributed by atoms with E-state index in [-0.39, 0.29) is 54.2 Å². The number of amides is 3. The molecule has 4 heterocycles. The van der Waals surface area contributed by atoms with E-state index in [9.17, 15) is 19.5 Å². The van der Waals surface area contributed by atoms with Gasteiger partial charge in [-0.1, -0.05) is 52.4 Å². The molecule has 3 aliphatic heterocycles. The summed E-state index contributed by atoms with van der Waals surface area (Å²) < 4.78 is 0.869. The minimum atomic E-state index is -0.834. The van der Waals surface area contributed by atoms with Crippen LogP contribution in [0.25, 0.3) is 11.0 Å². The van der Waals surface area contributed by atoms with Gasteiger partial charge in [0, 0.05) is 36.3 Å². The van der Waals surface area contributed by atoms with E-state index in [1.165, 1.54) is 4.90 Å². The largest absolute Gasteiger partial charge is 0.395 e. The number of aliphatic hydroxyl groups is 1. The Bertz CT molecular complexity index is 1320. The van der Waals surface area contributed by atoms with Crippen LogP contribution in [0.15, 0.2) is 49.6 Å². The number of hydrogen-bond acceptors (Lipinski definition) is 7. The van der Waals surface area contributed by atoms with Crippen molar-refractivity contribution in [2.24, 2.45) is 11.8 Å².